The molecule has 0 atom stereocenters. The largest absolute Gasteiger partial charge is 0.350 e. The number of hydroxylamine groups is 2. The first kappa shape index (κ1) is 11.3. The molecule has 2 heterocycles. The maximum absolute atomic E-state index is 11.9. The van der Waals surface area contributed by atoms with E-state index in [9.17, 15) is 14.8 Å². The van der Waals surface area contributed by atoms with Gasteiger partial charge in [0.05, 0.1) is 11.3 Å². The fourth-order valence-corrected chi connectivity index (χ4v) is 1.52. The average molecular weight is 233 g/mol. The molecule has 0 aliphatic carbocycles. The third kappa shape index (κ3) is 1.78. The molecule has 6 nitrogen and oxygen atoms in total. The molecule has 0 spiro atoms. The Bertz CT molecular complexity index is 514. The Morgan fingerprint density at radius 3 is 2.76 bits per heavy atom. The molecule has 0 saturated carbocycles. The van der Waals surface area contributed by atoms with Gasteiger partial charge in [-0.15, -0.1) is 0 Å². The van der Waals surface area contributed by atoms with Crippen LogP contribution in [0.4, 0.5) is 4.79 Å². The average Bonchev–Trinajstić information content (AvgIpc) is 2.31. The normalized spacial score (nSPS) is 24.5. The van der Waals surface area contributed by atoms with Crippen molar-refractivity contribution in [1.29, 1.82) is 0 Å². The van der Waals surface area contributed by atoms with Gasteiger partial charge in [-0.05, 0) is 19.1 Å². The molecule has 2 aliphatic rings. The Balaban J connectivity index is 2.50. The Morgan fingerprint density at radius 2 is 2.06 bits per heavy atom. The molecule has 0 bridgehead atoms. The molecule has 2 aliphatic heterocycles. The molecule has 0 fully saturated rings. The van der Waals surface area contributed by atoms with Crippen LogP contribution in [0.15, 0.2) is 40.2 Å². The number of likely N-dealkylation sites (N-methyl/N-ethyl adjacent to an activating group) is 1. The zero-order chi connectivity index (χ0) is 12.6. The van der Waals surface area contributed by atoms with Crippen LogP contribution < -0.4 is 0 Å². The van der Waals surface area contributed by atoms with Crippen molar-refractivity contribution in [2.45, 2.75) is 6.92 Å². The minimum Gasteiger partial charge on any atom is -0.284 e. The lowest BCUT2D eigenvalue weighted by molar-refractivity contribution is -0.123. The number of urea groups is 1. The molecule has 17 heavy (non-hydrogen) atoms. The van der Waals surface area contributed by atoms with Crippen LogP contribution in [0.3, 0.4) is 0 Å². The fraction of sp³-hybridized carbons (Fsp3) is 0.182. The molecular weight excluding hydrogens is 222 g/mol. The molecule has 0 unspecified atom stereocenters. The monoisotopic (exact) mass is 233 g/mol. The highest BCUT2D eigenvalue weighted by atomic mass is 16.5. The summed E-state index contributed by atoms with van der Waals surface area (Å²) in [6, 6.07) is -0.615. The zero-order valence-electron chi connectivity index (χ0n) is 9.41. The predicted molar refractivity (Wildman–Crippen MR) is 60.2 cm³/mol. The highest BCUT2D eigenvalue weighted by Gasteiger charge is 2.28. The van der Waals surface area contributed by atoms with Crippen LogP contribution in [-0.4, -0.2) is 40.4 Å². The molecule has 0 aromatic heterocycles. The number of amides is 3. The van der Waals surface area contributed by atoms with Gasteiger partial charge >= 0.3 is 6.03 Å². The molecule has 6 heteroatoms. The summed E-state index contributed by atoms with van der Waals surface area (Å²) in [6.45, 7) is 1.70. The van der Waals surface area contributed by atoms with E-state index in [-0.39, 0.29) is 5.57 Å². The lowest BCUT2D eigenvalue weighted by Crippen LogP contribution is -2.38. The summed E-state index contributed by atoms with van der Waals surface area (Å²) in [5.41, 5.74) is 1.06. The van der Waals surface area contributed by atoms with Crippen molar-refractivity contribution in [3.8, 4) is 0 Å². The molecule has 3 amide bonds. The van der Waals surface area contributed by atoms with Gasteiger partial charge in [0.1, 0.15) is 0 Å². The van der Waals surface area contributed by atoms with Gasteiger partial charge in [-0.1, -0.05) is 6.08 Å². The van der Waals surface area contributed by atoms with Crippen LogP contribution in [0, 0.1) is 0 Å². The number of imide groups is 1. The first-order valence-corrected chi connectivity index (χ1v) is 4.96. The van der Waals surface area contributed by atoms with E-state index in [2.05, 4.69) is 4.99 Å². The summed E-state index contributed by atoms with van der Waals surface area (Å²) in [4.78, 5) is 27.5. The number of hydrogen-bond acceptors (Lipinski definition) is 4. The molecule has 1 N–H and O–H groups in total. The topological polar surface area (TPSA) is 73.2 Å². The van der Waals surface area contributed by atoms with E-state index in [1.165, 1.54) is 13.3 Å². The fourth-order valence-electron chi connectivity index (χ4n) is 1.52. The summed E-state index contributed by atoms with van der Waals surface area (Å²) in [5.74, 6) is -0.488. The highest BCUT2D eigenvalue weighted by Crippen LogP contribution is 2.21. The van der Waals surface area contributed by atoms with E-state index in [4.69, 9.17) is 0 Å². The van der Waals surface area contributed by atoms with Crippen LogP contribution >= 0.6 is 0 Å². The quantitative estimate of drug-likeness (QED) is 0.635. The number of nitrogens with zero attached hydrogens (tertiary/aromatic N) is 3. The molecule has 0 saturated heterocycles. The van der Waals surface area contributed by atoms with Gasteiger partial charge in [0.15, 0.2) is 0 Å². The van der Waals surface area contributed by atoms with Crippen molar-refractivity contribution in [3.05, 3.63) is 35.2 Å². The van der Waals surface area contributed by atoms with Gasteiger partial charge in [0, 0.05) is 19.0 Å². The second-order valence-corrected chi connectivity index (χ2v) is 3.68. The molecule has 0 aromatic carbocycles. The summed E-state index contributed by atoms with van der Waals surface area (Å²) in [5, 5.41) is 10.7. The second-order valence-electron chi connectivity index (χ2n) is 3.68. The second kappa shape index (κ2) is 3.99. The third-order valence-electron chi connectivity index (χ3n) is 2.56. The molecule has 88 valence electrons. The van der Waals surface area contributed by atoms with Gasteiger partial charge < -0.3 is 0 Å². The van der Waals surface area contributed by atoms with Gasteiger partial charge in [-0.3, -0.25) is 14.9 Å². The molecule has 2 rings (SSSR count). The number of carbonyl (C=O) groups excluding carboxylic acids is 2. The van der Waals surface area contributed by atoms with Crippen molar-refractivity contribution in [2.24, 2.45) is 4.99 Å². The van der Waals surface area contributed by atoms with Crippen molar-refractivity contribution in [2.75, 3.05) is 7.05 Å². The van der Waals surface area contributed by atoms with Crippen LogP contribution in [-0.2, 0) is 4.79 Å². The summed E-state index contributed by atoms with van der Waals surface area (Å²) >= 11 is 0. The van der Waals surface area contributed by atoms with Gasteiger partial charge in [-0.25, -0.2) is 14.9 Å². The molecular formula is C11H11N3O3. The van der Waals surface area contributed by atoms with Gasteiger partial charge in [-0.2, -0.15) is 0 Å². The van der Waals surface area contributed by atoms with Crippen molar-refractivity contribution in [3.63, 3.8) is 0 Å². The van der Waals surface area contributed by atoms with E-state index in [1.54, 1.807) is 25.2 Å². The first-order chi connectivity index (χ1) is 8.02. The summed E-state index contributed by atoms with van der Waals surface area (Å²) in [7, 11) is 1.35. The van der Waals surface area contributed by atoms with Crippen LogP contribution in [0.5, 0.6) is 0 Å². The van der Waals surface area contributed by atoms with Crippen molar-refractivity contribution < 1.29 is 14.8 Å². The van der Waals surface area contributed by atoms with Gasteiger partial charge in [0.25, 0.3) is 5.91 Å². The van der Waals surface area contributed by atoms with Crippen molar-refractivity contribution in [1.82, 2.24) is 9.96 Å². The van der Waals surface area contributed by atoms with Crippen LogP contribution in [0.2, 0.25) is 0 Å². The number of allylic oxidation sites excluding steroid dienone is 4. The number of carbonyl (C=O) groups is 2. The lowest BCUT2D eigenvalue weighted by atomic mass is 10.1. The maximum Gasteiger partial charge on any atom is 0.350 e. The van der Waals surface area contributed by atoms with Crippen molar-refractivity contribution >= 4 is 18.2 Å². The Labute approximate surface area is 97.8 Å². The third-order valence-corrected chi connectivity index (χ3v) is 2.56. The summed E-state index contributed by atoms with van der Waals surface area (Å²) < 4.78 is 0. The zero-order valence-corrected chi connectivity index (χ0v) is 9.41. The van der Waals surface area contributed by atoms with Gasteiger partial charge in [0.2, 0.25) is 0 Å². The molecule has 0 radical (unpaired) electrons. The Kier molecular flexibility index (Phi) is 2.64. The Hall–Kier alpha value is -2.21. The minimum atomic E-state index is -0.615. The highest BCUT2D eigenvalue weighted by molar-refractivity contribution is 6.22. The number of rotatable bonds is 0. The maximum atomic E-state index is 11.9. The summed E-state index contributed by atoms with van der Waals surface area (Å²) in [6.07, 6.45) is 6.16. The van der Waals surface area contributed by atoms with E-state index < -0.39 is 11.9 Å². The first-order valence-electron chi connectivity index (χ1n) is 4.96. The molecule has 0 aromatic rings. The van der Waals surface area contributed by atoms with E-state index in [0.29, 0.717) is 11.4 Å². The minimum absolute atomic E-state index is 0.179. The smallest absolute Gasteiger partial charge is 0.284 e. The number of aliphatic imine (C=N–C) groups is 1. The number of hydrogen-bond donors (Lipinski definition) is 1. The standard InChI is InChI=1S/C11H11N3O3/c1-7-4-3-5-9(14(7)17)8-6-12-11(16)13(2)10(8)15/h3-6,17H,1-2H3. The predicted octanol–water partition coefficient (Wildman–Crippen LogP) is 1.07. The Morgan fingerprint density at radius 1 is 1.35 bits per heavy atom. The van der Waals surface area contributed by atoms with Crippen LogP contribution in [0.25, 0.3) is 0 Å². The van der Waals surface area contributed by atoms with Crippen LogP contribution in [0.1, 0.15) is 6.92 Å². The van der Waals surface area contributed by atoms with E-state index in [1.807, 2.05) is 0 Å². The SMILES string of the molecule is CC1=CC=CC(=C2C=NC(=O)N(C)C2=O)N1O. The van der Waals surface area contributed by atoms with E-state index >= 15 is 0 Å². The lowest BCUT2D eigenvalue weighted by Gasteiger charge is -2.25. The van der Waals surface area contributed by atoms with E-state index in [0.717, 1.165) is 9.96 Å².